The van der Waals surface area contributed by atoms with Crippen LogP contribution in [0.25, 0.3) is 0 Å². The van der Waals surface area contributed by atoms with Gasteiger partial charge in [-0.15, -0.1) is 0 Å². The van der Waals surface area contributed by atoms with Crippen LogP contribution in [0.15, 0.2) is 30.4 Å². The van der Waals surface area contributed by atoms with Gasteiger partial charge in [-0.3, -0.25) is 0 Å². The van der Waals surface area contributed by atoms with E-state index in [2.05, 4.69) is 6.58 Å². The molecule has 3 heteroatoms. The predicted octanol–water partition coefficient (Wildman–Crippen LogP) is 2.83. The van der Waals surface area contributed by atoms with Crippen LogP contribution in [-0.4, -0.2) is 11.7 Å². The maximum atomic E-state index is 12.9. The van der Waals surface area contributed by atoms with Gasteiger partial charge in [0.05, 0.1) is 6.10 Å². The van der Waals surface area contributed by atoms with E-state index < -0.39 is 6.10 Å². The Hall–Kier alpha value is -1.35. The summed E-state index contributed by atoms with van der Waals surface area (Å²) in [6.45, 7) is 7.48. The molecule has 0 aliphatic rings. The van der Waals surface area contributed by atoms with E-state index in [9.17, 15) is 9.50 Å². The molecule has 1 aromatic rings. The van der Waals surface area contributed by atoms with Crippen molar-refractivity contribution in [2.45, 2.75) is 20.0 Å². The second kappa shape index (κ2) is 4.94. The third-order valence-electron chi connectivity index (χ3n) is 1.90. The van der Waals surface area contributed by atoms with E-state index in [1.54, 1.807) is 6.92 Å². The first-order valence-corrected chi connectivity index (χ1v) is 4.75. The molecule has 0 aliphatic heterocycles. The standard InChI is InChI=1S/C12H15FO2/c1-8(2)7-15-12-5-4-10(13)6-11(12)9(3)14/h4-6,9,14H,1,7H2,2-3H3/t9-/m0/s1. The topological polar surface area (TPSA) is 29.5 Å². The summed E-state index contributed by atoms with van der Waals surface area (Å²) >= 11 is 0. The Bertz CT molecular complexity index is 359. The summed E-state index contributed by atoms with van der Waals surface area (Å²) in [5.41, 5.74) is 1.33. The van der Waals surface area contributed by atoms with E-state index in [-0.39, 0.29) is 5.82 Å². The molecule has 0 radical (unpaired) electrons. The zero-order valence-corrected chi connectivity index (χ0v) is 8.96. The largest absolute Gasteiger partial charge is 0.489 e. The van der Waals surface area contributed by atoms with Gasteiger partial charge in [0, 0.05) is 5.56 Å². The summed E-state index contributed by atoms with van der Waals surface area (Å²) in [6.07, 6.45) is -0.749. The fourth-order valence-corrected chi connectivity index (χ4v) is 1.18. The molecule has 0 bridgehead atoms. The number of hydrogen-bond donors (Lipinski definition) is 1. The zero-order chi connectivity index (χ0) is 11.4. The van der Waals surface area contributed by atoms with Gasteiger partial charge in [-0.1, -0.05) is 6.58 Å². The predicted molar refractivity (Wildman–Crippen MR) is 57.3 cm³/mol. The molecule has 0 aromatic heterocycles. The zero-order valence-electron chi connectivity index (χ0n) is 8.96. The van der Waals surface area contributed by atoms with E-state index in [0.717, 1.165) is 5.57 Å². The lowest BCUT2D eigenvalue weighted by atomic mass is 10.1. The smallest absolute Gasteiger partial charge is 0.125 e. The fraction of sp³-hybridized carbons (Fsp3) is 0.333. The maximum Gasteiger partial charge on any atom is 0.125 e. The highest BCUT2D eigenvalue weighted by molar-refractivity contribution is 5.35. The van der Waals surface area contributed by atoms with Gasteiger partial charge in [0.1, 0.15) is 18.2 Å². The summed E-state index contributed by atoms with van der Waals surface area (Å²) in [6, 6.07) is 4.10. The Morgan fingerprint density at radius 2 is 2.27 bits per heavy atom. The molecule has 82 valence electrons. The molecular weight excluding hydrogens is 195 g/mol. The normalized spacial score (nSPS) is 12.3. The van der Waals surface area contributed by atoms with Crippen LogP contribution in [0.5, 0.6) is 5.75 Å². The van der Waals surface area contributed by atoms with Crippen LogP contribution in [0.4, 0.5) is 4.39 Å². The van der Waals surface area contributed by atoms with Crippen LogP contribution >= 0.6 is 0 Å². The first-order chi connectivity index (χ1) is 7.00. The molecule has 0 saturated carbocycles. The van der Waals surface area contributed by atoms with E-state index in [4.69, 9.17) is 4.74 Å². The highest BCUT2D eigenvalue weighted by Gasteiger charge is 2.10. The van der Waals surface area contributed by atoms with Gasteiger partial charge in [0.25, 0.3) is 0 Å². The van der Waals surface area contributed by atoms with Crippen molar-refractivity contribution < 1.29 is 14.2 Å². The van der Waals surface area contributed by atoms with E-state index in [0.29, 0.717) is 17.9 Å². The fourth-order valence-electron chi connectivity index (χ4n) is 1.18. The Labute approximate surface area is 89.0 Å². The SMILES string of the molecule is C=C(C)COc1ccc(F)cc1[C@H](C)O. The van der Waals surface area contributed by atoms with Gasteiger partial charge < -0.3 is 9.84 Å². The van der Waals surface area contributed by atoms with Gasteiger partial charge in [0.15, 0.2) is 0 Å². The lowest BCUT2D eigenvalue weighted by molar-refractivity contribution is 0.192. The highest BCUT2D eigenvalue weighted by Crippen LogP contribution is 2.26. The second-order valence-corrected chi connectivity index (χ2v) is 3.60. The van der Waals surface area contributed by atoms with Crippen LogP contribution in [-0.2, 0) is 0 Å². The van der Waals surface area contributed by atoms with Crippen LogP contribution in [0.1, 0.15) is 25.5 Å². The number of aliphatic hydroxyl groups is 1. The molecule has 0 fully saturated rings. The van der Waals surface area contributed by atoms with Crippen molar-refractivity contribution in [3.05, 3.63) is 41.7 Å². The minimum Gasteiger partial charge on any atom is -0.489 e. The molecule has 1 aromatic carbocycles. The second-order valence-electron chi connectivity index (χ2n) is 3.60. The summed E-state index contributed by atoms with van der Waals surface area (Å²) < 4.78 is 18.3. The van der Waals surface area contributed by atoms with Crippen LogP contribution in [0.2, 0.25) is 0 Å². The molecule has 2 nitrogen and oxygen atoms in total. The molecule has 0 unspecified atom stereocenters. The molecule has 0 heterocycles. The minimum absolute atomic E-state index is 0.366. The van der Waals surface area contributed by atoms with Crippen molar-refractivity contribution in [3.63, 3.8) is 0 Å². The Morgan fingerprint density at radius 1 is 1.60 bits per heavy atom. The van der Waals surface area contributed by atoms with Crippen LogP contribution in [0.3, 0.4) is 0 Å². The first kappa shape index (κ1) is 11.7. The quantitative estimate of drug-likeness (QED) is 0.774. The number of benzene rings is 1. The summed E-state index contributed by atoms with van der Waals surface area (Å²) in [5.74, 6) is 0.114. The van der Waals surface area contributed by atoms with Crippen molar-refractivity contribution in [1.82, 2.24) is 0 Å². The van der Waals surface area contributed by atoms with Crippen molar-refractivity contribution in [3.8, 4) is 5.75 Å². The van der Waals surface area contributed by atoms with Crippen molar-refractivity contribution in [2.75, 3.05) is 6.61 Å². The maximum absolute atomic E-state index is 12.9. The molecule has 0 spiro atoms. The third-order valence-corrected chi connectivity index (χ3v) is 1.90. The van der Waals surface area contributed by atoms with E-state index in [1.165, 1.54) is 18.2 Å². The Balaban J connectivity index is 2.90. The molecule has 0 saturated heterocycles. The molecular formula is C12H15FO2. The number of hydrogen-bond acceptors (Lipinski definition) is 2. The average Bonchev–Trinajstić information content (AvgIpc) is 2.15. The molecule has 0 amide bonds. The van der Waals surface area contributed by atoms with E-state index in [1.807, 2.05) is 6.92 Å². The van der Waals surface area contributed by atoms with Gasteiger partial charge in [-0.2, -0.15) is 0 Å². The minimum atomic E-state index is -0.749. The van der Waals surface area contributed by atoms with Crippen LogP contribution < -0.4 is 4.74 Å². The van der Waals surface area contributed by atoms with Crippen LogP contribution in [0, 0.1) is 5.82 Å². The van der Waals surface area contributed by atoms with Crippen molar-refractivity contribution in [2.24, 2.45) is 0 Å². The van der Waals surface area contributed by atoms with Gasteiger partial charge >= 0.3 is 0 Å². The van der Waals surface area contributed by atoms with Crippen molar-refractivity contribution >= 4 is 0 Å². The monoisotopic (exact) mass is 210 g/mol. The first-order valence-electron chi connectivity index (χ1n) is 4.75. The lowest BCUT2D eigenvalue weighted by Crippen LogP contribution is -2.03. The number of ether oxygens (including phenoxy) is 1. The summed E-state index contributed by atoms with van der Waals surface area (Å²) in [5, 5.41) is 9.43. The van der Waals surface area contributed by atoms with Crippen molar-refractivity contribution in [1.29, 1.82) is 0 Å². The average molecular weight is 210 g/mol. The lowest BCUT2D eigenvalue weighted by Gasteiger charge is -2.13. The Morgan fingerprint density at radius 3 is 2.80 bits per heavy atom. The molecule has 1 N–H and O–H groups in total. The summed E-state index contributed by atoms with van der Waals surface area (Å²) in [7, 11) is 0. The van der Waals surface area contributed by atoms with E-state index >= 15 is 0 Å². The number of halogens is 1. The number of rotatable bonds is 4. The molecule has 1 rings (SSSR count). The molecule has 0 aliphatic carbocycles. The molecule has 15 heavy (non-hydrogen) atoms. The Kier molecular flexibility index (Phi) is 3.86. The highest BCUT2D eigenvalue weighted by atomic mass is 19.1. The van der Waals surface area contributed by atoms with Gasteiger partial charge in [-0.25, -0.2) is 4.39 Å². The summed E-state index contributed by atoms with van der Waals surface area (Å²) in [4.78, 5) is 0. The van der Waals surface area contributed by atoms with Gasteiger partial charge in [-0.05, 0) is 37.6 Å². The van der Waals surface area contributed by atoms with Gasteiger partial charge in [0.2, 0.25) is 0 Å². The molecule has 1 atom stereocenters. The third kappa shape index (κ3) is 3.36. The number of aliphatic hydroxyl groups excluding tert-OH is 1.